The molecule has 4 heteroatoms. The van der Waals surface area contributed by atoms with Gasteiger partial charge in [-0.3, -0.25) is 4.79 Å². The molecule has 0 aromatic heterocycles. The molecule has 0 fully saturated rings. The van der Waals surface area contributed by atoms with Crippen molar-refractivity contribution >= 4 is 11.6 Å². The van der Waals surface area contributed by atoms with Gasteiger partial charge in [-0.25, -0.2) is 4.39 Å². The van der Waals surface area contributed by atoms with Crippen LogP contribution in [0.4, 0.5) is 10.1 Å². The van der Waals surface area contributed by atoms with Crippen molar-refractivity contribution in [2.24, 2.45) is 5.41 Å². The van der Waals surface area contributed by atoms with Crippen molar-refractivity contribution in [2.45, 2.75) is 46.5 Å². The molecule has 1 rings (SSSR count). The van der Waals surface area contributed by atoms with Gasteiger partial charge in [0.1, 0.15) is 11.2 Å². The summed E-state index contributed by atoms with van der Waals surface area (Å²) >= 11 is 0. The molecule has 0 heterocycles. The van der Waals surface area contributed by atoms with Gasteiger partial charge in [0.15, 0.2) is 0 Å². The molecular formula is C16H21FN2O. The largest absolute Gasteiger partial charge is 0.325 e. The summed E-state index contributed by atoms with van der Waals surface area (Å²) in [5.74, 6) is -0.734. The van der Waals surface area contributed by atoms with Crippen LogP contribution in [0.25, 0.3) is 0 Å². The van der Waals surface area contributed by atoms with E-state index in [0.29, 0.717) is 18.5 Å². The number of carbonyl (C=O) groups is 1. The van der Waals surface area contributed by atoms with Crippen LogP contribution in [0, 0.1) is 29.5 Å². The first-order chi connectivity index (χ1) is 9.47. The maximum absolute atomic E-state index is 13.3. The van der Waals surface area contributed by atoms with Gasteiger partial charge in [-0.05, 0) is 43.5 Å². The number of aryl methyl sites for hydroxylation is 1. The highest BCUT2D eigenvalue weighted by Gasteiger charge is 2.37. The van der Waals surface area contributed by atoms with Crippen LogP contribution in [0.5, 0.6) is 0 Å². The summed E-state index contributed by atoms with van der Waals surface area (Å²) in [6.07, 6.45) is 2.53. The third-order valence-corrected chi connectivity index (χ3v) is 3.30. The van der Waals surface area contributed by atoms with Gasteiger partial charge in [0, 0.05) is 5.69 Å². The number of rotatable bonds is 6. The zero-order valence-corrected chi connectivity index (χ0v) is 12.3. The molecule has 0 spiro atoms. The highest BCUT2D eigenvalue weighted by molar-refractivity contribution is 5.97. The minimum atomic E-state index is -1.02. The number of nitriles is 1. The molecule has 0 aliphatic heterocycles. The molecule has 20 heavy (non-hydrogen) atoms. The van der Waals surface area contributed by atoms with Gasteiger partial charge in [0.25, 0.3) is 0 Å². The van der Waals surface area contributed by atoms with Crippen LogP contribution in [-0.4, -0.2) is 5.91 Å². The molecule has 0 aliphatic rings. The van der Waals surface area contributed by atoms with E-state index < -0.39 is 11.2 Å². The number of hydrogen-bond acceptors (Lipinski definition) is 2. The lowest BCUT2D eigenvalue weighted by Gasteiger charge is -2.24. The second kappa shape index (κ2) is 7.04. The standard InChI is InChI=1S/C16H21FN2O/c1-4-6-16(11-18,7-5-2)15(20)19-14-9-12(3)8-13(17)10-14/h8-10H,4-7H2,1-3H3,(H,19,20). The van der Waals surface area contributed by atoms with E-state index in [1.54, 1.807) is 13.0 Å². The predicted molar refractivity (Wildman–Crippen MR) is 77.6 cm³/mol. The molecule has 108 valence electrons. The number of amides is 1. The quantitative estimate of drug-likeness (QED) is 0.847. The van der Waals surface area contributed by atoms with Gasteiger partial charge in [0.2, 0.25) is 5.91 Å². The highest BCUT2D eigenvalue weighted by Crippen LogP contribution is 2.31. The van der Waals surface area contributed by atoms with Crippen molar-refractivity contribution in [3.05, 3.63) is 29.6 Å². The monoisotopic (exact) mass is 276 g/mol. The van der Waals surface area contributed by atoms with Crippen LogP contribution in [-0.2, 0) is 4.79 Å². The molecule has 3 nitrogen and oxygen atoms in total. The number of carbonyl (C=O) groups excluding carboxylic acids is 1. The van der Waals surface area contributed by atoms with Gasteiger partial charge in [-0.1, -0.05) is 26.7 Å². The molecule has 0 atom stereocenters. The van der Waals surface area contributed by atoms with Gasteiger partial charge in [-0.2, -0.15) is 5.26 Å². The number of anilines is 1. The molecule has 1 N–H and O–H groups in total. The van der Waals surface area contributed by atoms with Gasteiger partial charge in [-0.15, -0.1) is 0 Å². The minimum absolute atomic E-state index is 0.339. The van der Waals surface area contributed by atoms with Crippen LogP contribution in [0.2, 0.25) is 0 Å². The zero-order chi connectivity index (χ0) is 15.2. The zero-order valence-electron chi connectivity index (χ0n) is 12.3. The van der Waals surface area contributed by atoms with Crippen LogP contribution < -0.4 is 5.32 Å². The summed E-state index contributed by atoms with van der Waals surface area (Å²) in [4.78, 5) is 12.4. The van der Waals surface area contributed by atoms with Crippen molar-refractivity contribution in [1.82, 2.24) is 0 Å². The number of hydrogen-bond donors (Lipinski definition) is 1. The van der Waals surface area contributed by atoms with E-state index in [1.165, 1.54) is 12.1 Å². The maximum Gasteiger partial charge on any atom is 0.244 e. The minimum Gasteiger partial charge on any atom is -0.325 e. The topological polar surface area (TPSA) is 52.9 Å². The summed E-state index contributed by atoms with van der Waals surface area (Å²) in [6, 6.07) is 6.52. The van der Waals surface area contributed by atoms with Crippen molar-refractivity contribution in [3.63, 3.8) is 0 Å². The number of benzene rings is 1. The Hall–Kier alpha value is -1.89. The second-order valence-corrected chi connectivity index (χ2v) is 5.17. The molecule has 0 aliphatic carbocycles. The molecule has 1 aromatic carbocycles. The average Bonchev–Trinajstić information content (AvgIpc) is 2.36. The Bertz CT molecular complexity index is 493. The third-order valence-electron chi connectivity index (χ3n) is 3.30. The smallest absolute Gasteiger partial charge is 0.244 e. The van der Waals surface area contributed by atoms with Crippen LogP contribution in [0.1, 0.15) is 45.1 Å². The Balaban J connectivity index is 2.99. The molecule has 0 unspecified atom stereocenters. The summed E-state index contributed by atoms with van der Waals surface area (Å²) in [5.41, 5.74) is 0.108. The van der Waals surface area contributed by atoms with E-state index in [9.17, 15) is 14.4 Å². The van der Waals surface area contributed by atoms with Crippen LogP contribution in [0.15, 0.2) is 18.2 Å². The lowest BCUT2D eigenvalue weighted by molar-refractivity contribution is -0.123. The molecular weight excluding hydrogens is 255 g/mol. The third kappa shape index (κ3) is 3.80. The molecule has 0 radical (unpaired) electrons. The highest BCUT2D eigenvalue weighted by atomic mass is 19.1. The Morgan fingerprint density at radius 3 is 2.35 bits per heavy atom. The first-order valence-corrected chi connectivity index (χ1v) is 6.97. The van der Waals surface area contributed by atoms with Crippen molar-refractivity contribution in [1.29, 1.82) is 5.26 Å². The average molecular weight is 276 g/mol. The number of halogens is 1. The lowest BCUT2D eigenvalue weighted by Crippen LogP contribution is -2.35. The van der Waals surface area contributed by atoms with Crippen molar-refractivity contribution in [3.8, 4) is 6.07 Å². The molecule has 0 saturated heterocycles. The normalized spacial score (nSPS) is 10.9. The fraction of sp³-hybridized carbons (Fsp3) is 0.500. The maximum atomic E-state index is 13.3. The Kier molecular flexibility index (Phi) is 5.69. The first kappa shape index (κ1) is 16.2. The lowest BCUT2D eigenvalue weighted by atomic mass is 9.79. The fourth-order valence-corrected chi connectivity index (χ4v) is 2.43. The Labute approximate surface area is 119 Å². The molecule has 1 amide bonds. The first-order valence-electron chi connectivity index (χ1n) is 6.97. The Morgan fingerprint density at radius 1 is 1.30 bits per heavy atom. The molecule has 1 aromatic rings. The SMILES string of the molecule is CCCC(C#N)(CCC)C(=O)Nc1cc(C)cc(F)c1. The van der Waals surface area contributed by atoms with Gasteiger partial charge in [0.05, 0.1) is 6.07 Å². The summed E-state index contributed by atoms with van der Waals surface area (Å²) in [7, 11) is 0. The van der Waals surface area contributed by atoms with Crippen molar-refractivity contribution < 1.29 is 9.18 Å². The van der Waals surface area contributed by atoms with E-state index in [2.05, 4.69) is 11.4 Å². The number of nitrogens with one attached hydrogen (secondary N) is 1. The number of nitrogens with zero attached hydrogens (tertiary/aromatic N) is 1. The van der Waals surface area contributed by atoms with E-state index in [0.717, 1.165) is 18.4 Å². The van der Waals surface area contributed by atoms with Crippen molar-refractivity contribution in [2.75, 3.05) is 5.32 Å². The predicted octanol–water partition coefficient (Wildman–Crippen LogP) is 4.18. The van der Waals surface area contributed by atoms with E-state index in [1.807, 2.05) is 13.8 Å². The fourth-order valence-electron chi connectivity index (χ4n) is 2.43. The van der Waals surface area contributed by atoms with E-state index in [4.69, 9.17) is 0 Å². The molecule has 0 bridgehead atoms. The van der Waals surface area contributed by atoms with Gasteiger partial charge >= 0.3 is 0 Å². The summed E-state index contributed by atoms with van der Waals surface area (Å²) in [5, 5.41) is 12.1. The summed E-state index contributed by atoms with van der Waals surface area (Å²) < 4.78 is 13.3. The van der Waals surface area contributed by atoms with Crippen LogP contribution in [0.3, 0.4) is 0 Å². The molecule has 0 saturated carbocycles. The second-order valence-electron chi connectivity index (χ2n) is 5.17. The van der Waals surface area contributed by atoms with Gasteiger partial charge < -0.3 is 5.32 Å². The van der Waals surface area contributed by atoms with E-state index in [-0.39, 0.29) is 5.91 Å². The Morgan fingerprint density at radius 2 is 1.90 bits per heavy atom. The van der Waals surface area contributed by atoms with E-state index >= 15 is 0 Å². The summed E-state index contributed by atoms with van der Waals surface area (Å²) in [6.45, 7) is 5.65. The van der Waals surface area contributed by atoms with Crippen LogP contribution >= 0.6 is 0 Å².